The Bertz CT molecular complexity index is 462. The maximum absolute atomic E-state index is 10.3. The second-order valence-corrected chi connectivity index (χ2v) is 5.37. The van der Waals surface area contributed by atoms with Crippen molar-refractivity contribution >= 4 is 5.97 Å². The van der Waals surface area contributed by atoms with Crippen molar-refractivity contribution < 1.29 is 9.90 Å². The van der Waals surface area contributed by atoms with Crippen LogP contribution in [0.5, 0.6) is 0 Å². The van der Waals surface area contributed by atoms with Crippen molar-refractivity contribution in [3.05, 3.63) is 72.9 Å². The summed E-state index contributed by atoms with van der Waals surface area (Å²) < 4.78 is 0. The summed E-state index contributed by atoms with van der Waals surface area (Å²) in [5.41, 5.74) is 0. The molecule has 2 nitrogen and oxygen atoms in total. The Hall–Kier alpha value is -2.09. The molecule has 0 aromatic heterocycles. The SMILES string of the molecule is CCC=CCC=CCC=CCC=CC=CCCC=CCCC(=O)O. The molecule has 0 aliphatic carbocycles. The molecule has 0 unspecified atom stereocenters. The summed E-state index contributed by atoms with van der Waals surface area (Å²) in [6, 6.07) is 0. The summed E-state index contributed by atoms with van der Waals surface area (Å²) in [5.74, 6) is -0.737. The van der Waals surface area contributed by atoms with Gasteiger partial charge in [-0.05, 0) is 44.9 Å². The van der Waals surface area contributed by atoms with Gasteiger partial charge in [0.05, 0.1) is 0 Å². The van der Waals surface area contributed by atoms with Crippen molar-refractivity contribution in [2.75, 3.05) is 0 Å². The topological polar surface area (TPSA) is 37.3 Å². The maximum Gasteiger partial charge on any atom is 0.303 e. The Kier molecular flexibility index (Phi) is 17.3. The first-order chi connectivity index (χ1) is 11.8. The van der Waals surface area contributed by atoms with Gasteiger partial charge in [0.25, 0.3) is 0 Å². The van der Waals surface area contributed by atoms with Crippen LogP contribution in [0.25, 0.3) is 0 Å². The predicted octanol–water partition coefficient (Wildman–Crippen LogP) is 6.55. The molecular formula is C22H32O2. The molecule has 0 heterocycles. The van der Waals surface area contributed by atoms with Gasteiger partial charge in [0.15, 0.2) is 0 Å². The van der Waals surface area contributed by atoms with E-state index in [-0.39, 0.29) is 6.42 Å². The lowest BCUT2D eigenvalue weighted by Gasteiger charge is -1.88. The molecule has 132 valence electrons. The van der Waals surface area contributed by atoms with Crippen LogP contribution in [0.15, 0.2) is 72.9 Å². The number of carboxylic acids is 1. The highest BCUT2D eigenvalue weighted by Gasteiger charge is 1.90. The number of carbonyl (C=O) groups is 1. The molecule has 0 fully saturated rings. The molecular weight excluding hydrogens is 296 g/mol. The van der Waals surface area contributed by atoms with Crippen molar-refractivity contribution in [3.8, 4) is 0 Å². The average molecular weight is 328 g/mol. The summed E-state index contributed by atoms with van der Waals surface area (Å²) in [6.07, 6.45) is 32.4. The molecule has 0 aliphatic rings. The van der Waals surface area contributed by atoms with E-state index < -0.39 is 5.97 Å². The molecule has 0 spiro atoms. The Balaban J connectivity index is 3.52. The third-order valence-electron chi connectivity index (χ3n) is 3.13. The molecule has 0 aromatic carbocycles. The monoisotopic (exact) mass is 328 g/mol. The van der Waals surface area contributed by atoms with E-state index in [2.05, 4.69) is 67.7 Å². The van der Waals surface area contributed by atoms with Gasteiger partial charge in [-0.1, -0.05) is 79.8 Å². The van der Waals surface area contributed by atoms with Crippen molar-refractivity contribution in [3.63, 3.8) is 0 Å². The third-order valence-corrected chi connectivity index (χ3v) is 3.13. The van der Waals surface area contributed by atoms with E-state index >= 15 is 0 Å². The van der Waals surface area contributed by atoms with E-state index in [4.69, 9.17) is 5.11 Å². The Morgan fingerprint density at radius 3 is 1.79 bits per heavy atom. The highest BCUT2D eigenvalue weighted by molar-refractivity contribution is 5.66. The fraction of sp³-hybridized carbons (Fsp3) is 0.409. The molecule has 24 heavy (non-hydrogen) atoms. The molecule has 0 atom stereocenters. The fourth-order valence-corrected chi connectivity index (χ4v) is 1.85. The lowest BCUT2D eigenvalue weighted by atomic mass is 10.2. The quantitative estimate of drug-likeness (QED) is 0.223. The van der Waals surface area contributed by atoms with Crippen molar-refractivity contribution in [1.82, 2.24) is 0 Å². The van der Waals surface area contributed by atoms with Gasteiger partial charge < -0.3 is 5.11 Å². The highest BCUT2D eigenvalue weighted by Crippen LogP contribution is 1.98. The smallest absolute Gasteiger partial charge is 0.303 e. The largest absolute Gasteiger partial charge is 0.481 e. The summed E-state index contributed by atoms with van der Waals surface area (Å²) in [5, 5.41) is 8.49. The van der Waals surface area contributed by atoms with Crippen molar-refractivity contribution in [2.24, 2.45) is 0 Å². The van der Waals surface area contributed by atoms with Crippen LogP contribution >= 0.6 is 0 Å². The van der Waals surface area contributed by atoms with Crippen LogP contribution in [0.1, 0.15) is 58.3 Å². The van der Waals surface area contributed by atoms with Gasteiger partial charge in [0, 0.05) is 6.42 Å². The van der Waals surface area contributed by atoms with E-state index in [0.29, 0.717) is 6.42 Å². The van der Waals surface area contributed by atoms with Gasteiger partial charge in [0.2, 0.25) is 0 Å². The Morgan fingerprint density at radius 2 is 1.17 bits per heavy atom. The van der Waals surface area contributed by atoms with Crippen LogP contribution in [0.4, 0.5) is 0 Å². The third kappa shape index (κ3) is 19.9. The predicted molar refractivity (Wildman–Crippen MR) is 105 cm³/mol. The summed E-state index contributed by atoms with van der Waals surface area (Å²) in [6.45, 7) is 2.15. The van der Waals surface area contributed by atoms with Gasteiger partial charge in [0.1, 0.15) is 0 Å². The molecule has 0 saturated heterocycles. The van der Waals surface area contributed by atoms with Crippen LogP contribution in [-0.2, 0) is 4.79 Å². The summed E-state index contributed by atoms with van der Waals surface area (Å²) >= 11 is 0. The maximum atomic E-state index is 10.3. The van der Waals surface area contributed by atoms with Gasteiger partial charge >= 0.3 is 5.97 Å². The van der Waals surface area contributed by atoms with Crippen LogP contribution in [0.3, 0.4) is 0 Å². The number of hydrogen-bond donors (Lipinski definition) is 1. The van der Waals surface area contributed by atoms with Crippen LogP contribution in [-0.4, -0.2) is 11.1 Å². The molecule has 0 bridgehead atoms. The van der Waals surface area contributed by atoms with Gasteiger partial charge in [-0.15, -0.1) is 0 Å². The number of hydrogen-bond acceptors (Lipinski definition) is 1. The van der Waals surface area contributed by atoms with Crippen molar-refractivity contribution in [1.29, 1.82) is 0 Å². The van der Waals surface area contributed by atoms with E-state index in [1.807, 2.05) is 12.2 Å². The second-order valence-electron chi connectivity index (χ2n) is 5.37. The van der Waals surface area contributed by atoms with E-state index in [1.165, 1.54) is 0 Å². The van der Waals surface area contributed by atoms with Crippen LogP contribution in [0, 0.1) is 0 Å². The molecule has 0 saturated carbocycles. The summed E-state index contributed by atoms with van der Waals surface area (Å²) in [4.78, 5) is 10.3. The minimum Gasteiger partial charge on any atom is -0.481 e. The molecule has 0 aliphatic heterocycles. The lowest BCUT2D eigenvalue weighted by Crippen LogP contribution is -1.91. The van der Waals surface area contributed by atoms with Gasteiger partial charge in [-0.2, -0.15) is 0 Å². The normalized spacial score (nSPS) is 13.0. The van der Waals surface area contributed by atoms with Crippen molar-refractivity contribution in [2.45, 2.75) is 58.3 Å². The highest BCUT2D eigenvalue weighted by atomic mass is 16.4. The number of unbranched alkanes of at least 4 members (excludes halogenated alkanes) is 1. The first kappa shape index (κ1) is 21.9. The Labute approximate surface area is 147 Å². The lowest BCUT2D eigenvalue weighted by molar-refractivity contribution is -0.136. The zero-order chi connectivity index (χ0) is 17.7. The molecule has 0 aromatic rings. The van der Waals surface area contributed by atoms with E-state index in [9.17, 15) is 4.79 Å². The summed E-state index contributed by atoms with van der Waals surface area (Å²) in [7, 11) is 0. The Morgan fingerprint density at radius 1 is 0.667 bits per heavy atom. The van der Waals surface area contributed by atoms with E-state index in [0.717, 1.165) is 38.5 Å². The second kappa shape index (κ2) is 19.0. The minimum absolute atomic E-state index is 0.217. The molecule has 0 rings (SSSR count). The minimum atomic E-state index is -0.737. The molecule has 0 amide bonds. The zero-order valence-electron chi connectivity index (χ0n) is 14.9. The molecule has 2 heteroatoms. The number of carboxylic acid groups (broad SMARTS) is 1. The van der Waals surface area contributed by atoms with Gasteiger partial charge in [-0.3, -0.25) is 4.79 Å². The molecule has 1 N–H and O–H groups in total. The van der Waals surface area contributed by atoms with Gasteiger partial charge in [-0.25, -0.2) is 0 Å². The standard InChI is InChI=1S/C22H32O2/c1-2-3-4-5-6-7-8-9-10-11-12-13-14-15-16-17-18-19-20-21-22(23)24/h3-4,6-7,9-10,12-15,18-19H,2,5,8,11,16-17,20-21H2,1H3,(H,23,24). The fourth-order valence-electron chi connectivity index (χ4n) is 1.85. The number of aliphatic carboxylic acids is 1. The van der Waals surface area contributed by atoms with Crippen LogP contribution < -0.4 is 0 Å². The van der Waals surface area contributed by atoms with Crippen LogP contribution in [0.2, 0.25) is 0 Å². The zero-order valence-corrected chi connectivity index (χ0v) is 14.9. The molecule has 0 radical (unpaired) electrons. The first-order valence-electron chi connectivity index (χ1n) is 8.90. The average Bonchev–Trinajstić information content (AvgIpc) is 2.56. The number of allylic oxidation sites excluding steroid dienone is 12. The van der Waals surface area contributed by atoms with E-state index in [1.54, 1.807) is 0 Å². The number of rotatable bonds is 14. The first-order valence-corrected chi connectivity index (χ1v) is 8.90.